The molecule has 2 rings (SSSR count). The van der Waals surface area contributed by atoms with Gasteiger partial charge in [-0.25, -0.2) is 4.79 Å². The maximum atomic E-state index is 12.8. The van der Waals surface area contributed by atoms with Crippen LogP contribution in [0.2, 0.25) is 0 Å². The molecule has 0 aliphatic carbocycles. The van der Waals surface area contributed by atoms with Gasteiger partial charge < -0.3 is 24.8 Å². The first-order chi connectivity index (χ1) is 15.9. The molecule has 0 heterocycles. The van der Waals surface area contributed by atoms with Gasteiger partial charge in [-0.05, 0) is 36.2 Å². The highest BCUT2D eigenvalue weighted by Gasteiger charge is 2.31. The van der Waals surface area contributed by atoms with Crippen LogP contribution in [0.1, 0.15) is 29.8 Å². The summed E-state index contributed by atoms with van der Waals surface area (Å²) < 4.78 is 53.7. The Labute approximate surface area is 194 Å². The third-order valence-electron chi connectivity index (χ3n) is 4.64. The fraction of sp³-hybridized carbons (Fsp3) is 0.348. The zero-order chi connectivity index (χ0) is 25.5. The lowest BCUT2D eigenvalue weighted by Crippen LogP contribution is -2.46. The van der Waals surface area contributed by atoms with Crippen LogP contribution in [0.25, 0.3) is 0 Å². The van der Waals surface area contributed by atoms with Gasteiger partial charge in [0.15, 0.2) is 6.61 Å². The van der Waals surface area contributed by atoms with Crippen LogP contribution in [0.5, 0.6) is 11.5 Å². The first-order valence-corrected chi connectivity index (χ1v) is 10.1. The summed E-state index contributed by atoms with van der Waals surface area (Å²) in [6.07, 6.45) is -4.57. The van der Waals surface area contributed by atoms with E-state index in [9.17, 15) is 27.6 Å². The predicted octanol–water partition coefficient (Wildman–Crippen LogP) is 3.66. The van der Waals surface area contributed by atoms with Crippen molar-refractivity contribution in [3.63, 3.8) is 0 Å². The first-order valence-electron chi connectivity index (χ1n) is 10.1. The quantitative estimate of drug-likeness (QED) is 0.529. The summed E-state index contributed by atoms with van der Waals surface area (Å²) in [4.78, 5) is 37.3. The summed E-state index contributed by atoms with van der Waals surface area (Å²) in [5, 5.41) is 4.79. The van der Waals surface area contributed by atoms with Gasteiger partial charge in [0.25, 0.3) is 11.8 Å². The standard InChI is InChI=1S/C23H25F3N2O6/c1-13(2)20(28-21(30)14-8-17(32-3)11-18(9-14)33-4)22(31)34-12-19(29)27-16-7-5-6-15(10-16)23(24,25)26/h5-11,13,20H,12H2,1-4H3,(H,27,29)(H,28,30)/t20-/m0/s1. The molecule has 0 aromatic heterocycles. The average Bonchev–Trinajstić information content (AvgIpc) is 2.79. The number of carbonyl (C=O) groups is 3. The Bertz CT molecular complexity index is 1020. The fourth-order valence-electron chi connectivity index (χ4n) is 2.86. The van der Waals surface area contributed by atoms with Crippen molar-refractivity contribution < 1.29 is 41.8 Å². The number of rotatable bonds is 9. The van der Waals surface area contributed by atoms with E-state index >= 15 is 0 Å². The van der Waals surface area contributed by atoms with Crippen molar-refractivity contribution in [2.24, 2.45) is 5.92 Å². The summed E-state index contributed by atoms with van der Waals surface area (Å²) in [6.45, 7) is 2.59. The second kappa shape index (κ2) is 11.4. The monoisotopic (exact) mass is 482 g/mol. The van der Waals surface area contributed by atoms with Gasteiger partial charge in [0.05, 0.1) is 19.8 Å². The van der Waals surface area contributed by atoms with E-state index in [4.69, 9.17) is 14.2 Å². The van der Waals surface area contributed by atoms with Crippen molar-refractivity contribution in [2.75, 3.05) is 26.1 Å². The molecule has 1 atom stereocenters. The van der Waals surface area contributed by atoms with Gasteiger partial charge in [-0.1, -0.05) is 19.9 Å². The molecule has 2 aromatic carbocycles. The normalized spacial score (nSPS) is 12.0. The number of anilines is 1. The maximum Gasteiger partial charge on any atom is 0.416 e. The SMILES string of the molecule is COc1cc(OC)cc(C(=O)N[C@H](C(=O)OCC(=O)Nc2cccc(C(F)(F)F)c2)C(C)C)c1. The largest absolute Gasteiger partial charge is 0.497 e. The average molecular weight is 482 g/mol. The van der Waals surface area contributed by atoms with E-state index in [1.54, 1.807) is 19.9 Å². The predicted molar refractivity (Wildman–Crippen MR) is 117 cm³/mol. The fourth-order valence-corrected chi connectivity index (χ4v) is 2.86. The van der Waals surface area contributed by atoms with Crippen molar-refractivity contribution in [1.82, 2.24) is 5.32 Å². The number of carbonyl (C=O) groups excluding carboxylic acids is 3. The molecule has 8 nitrogen and oxygen atoms in total. The minimum atomic E-state index is -4.57. The molecule has 0 aliphatic heterocycles. The Kier molecular flexibility index (Phi) is 8.88. The molecule has 0 aliphatic rings. The van der Waals surface area contributed by atoms with Gasteiger partial charge in [0.1, 0.15) is 17.5 Å². The van der Waals surface area contributed by atoms with E-state index in [-0.39, 0.29) is 11.3 Å². The lowest BCUT2D eigenvalue weighted by atomic mass is 10.0. The van der Waals surface area contributed by atoms with Gasteiger partial charge in [-0.2, -0.15) is 13.2 Å². The molecule has 0 spiro atoms. The minimum absolute atomic E-state index is 0.100. The molecular weight excluding hydrogens is 457 g/mol. The van der Waals surface area contributed by atoms with Gasteiger partial charge in [0, 0.05) is 17.3 Å². The third-order valence-corrected chi connectivity index (χ3v) is 4.64. The van der Waals surface area contributed by atoms with Crippen LogP contribution in [0.4, 0.5) is 18.9 Å². The van der Waals surface area contributed by atoms with Crippen LogP contribution in [-0.4, -0.2) is 44.7 Å². The maximum absolute atomic E-state index is 12.8. The van der Waals surface area contributed by atoms with Crippen molar-refractivity contribution in [1.29, 1.82) is 0 Å². The molecule has 0 saturated heterocycles. The van der Waals surface area contributed by atoms with Crippen LogP contribution in [-0.2, 0) is 20.5 Å². The number of nitrogens with one attached hydrogen (secondary N) is 2. The Morgan fingerprint density at radius 2 is 1.59 bits per heavy atom. The Hall–Kier alpha value is -3.76. The Balaban J connectivity index is 2.01. The number of esters is 1. The summed E-state index contributed by atoms with van der Waals surface area (Å²) in [7, 11) is 2.85. The summed E-state index contributed by atoms with van der Waals surface area (Å²) in [5.41, 5.74) is -0.854. The van der Waals surface area contributed by atoms with E-state index < -0.39 is 48.1 Å². The molecule has 0 unspecified atom stereocenters. The van der Waals surface area contributed by atoms with E-state index in [1.165, 1.54) is 32.4 Å². The van der Waals surface area contributed by atoms with E-state index in [0.717, 1.165) is 18.2 Å². The van der Waals surface area contributed by atoms with Crippen molar-refractivity contribution in [2.45, 2.75) is 26.1 Å². The molecular formula is C23H25F3N2O6. The van der Waals surface area contributed by atoms with Gasteiger partial charge in [-0.3, -0.25) is 9.59 Å². The van der Waals surface area contributed by atoms with Gasteiger partial charge >= 0.3 is 12.1 Å². The second-order valence-electron chi connectivity index (χ2n) is 7.53. The Morgan fingerprint density at radius 3 is 2.12 bits per heavy atom. The molecule has 0 saturated carbocycles. The van der Waals surface area contributed by atoms with E-state index in [0.29, 0.717) is 11.5 Å². The molecule has 11 heteroatoms. The smallest absolute Gasteiger partial charge is 0.416 e. The third kappa shape index (κ3) is 7.39. The highest BCUT2D eigenvalue weighted by molar-refractivity contribution is 5.98. The number of benzene rings is 2. The lowest BCUT2D eigenvalue weighted by Gasteiger charge is -2.21. The topological polar surface area (TPSA) is 103 Å². The molecule has 0 fully saturated rings. The molecule has 2 aromatic rings. The van der Waals surface area contributed by atoms with Crippen LogP contribution in [0, 0.1) is 5.92 Å². The van der Waals surface area contributed by atoms with Crippen LogP contribution in [0.3, 0.4) is 0 Å². The lowest BCUT2D eigenvalue weighted by molar-refractivity contribution is -0.150. The molecule has 2 N–H and O–H groups in total. The molecule has 184 valence electrons. The van der Waals surface area contributed by atoms with Crippen LogP contribution < -0.4 is 20.1 Å². The zero-order valence-electron chi connectivity index (χ0n) is 19.0. The summed E-state index contributed by atoms with van der Waals surface area (Å²) >= 11 is 0. The zero-order valence-corrected chi connectivity index (χ0v) is 19.0. The highest BCUT2D eigenvalue weighted by atomic mass is 19.4. The van der Waals surface area contributed by atoms with E-state index in [1.807, 2.05) is 0 Å². The van der Waals surface area contributed by atoms with Crippen molar-refractivity contribution >= 4 is 23.5 Å². The molecule has 0 bridgehead atoms. The summed E-state index contributed by atoms with van der Waals surface area (Å²) in [5.74, 6) is -1.95. The second-order valence-corrected chi connectivity index (χ2v) is 7.53. The number of hydrogen-bond acceptors (Lipinski definition) is 6. The molecule has 0 radical (unpaired) electrons. The number of hydrogen-bond donors (Lipinski definition) is 2. The van der Waals surface area contributed by atoms with Gasteiger partial charge in [-0.15, -0.1) is 0 Å². The first kappa shape index (κ1) is 26.5. The number of ether oxygens (including phenoxy) is 3. The number of halogens is 3. The van der Waals surface area contributed by atoms with Crippen LogP contribution in [0.15, 0.2) is 42.5 Å². The number of amides is 2. The highest BCUT2D eigenvalue weighted by Crippen LogP contribution is 2.30. The molecule has 34 heavy (non-hydrogen) atoms. The number of alkyl halides is 3. The van der Waals surface area contributed by atoms with Crippen molar-refractivity contribution in [3.05, 3.63) is 53.6 Å². The molecule has 2 amide bonds. The Morgan fingerprint density at radius 1 is 0.971 bits per heavy atom. The van der Waals surface area contributed by atoms with Crippen LogP contribution >= 0.6 is 0 Å². The summed E-state index contributed by atoms with van der Waals surface area (Å²) in [6, 6.07) is 7.45. The van der Waals surface area contributed by atoms with E-state index in [2.05, 4.69) is 10.6 Å². The number of methoxy groups -OCH3 is 2. The minimum Gasteiger partial charge on any atom is -0.497 e. The van der Waals surface area contributed by atoms with Gasteiger partial charge in [0.2, 0.25) is 0 Å². The van der Waals surface area contributed by atoms with Crippen molar-refractivity contribution in [3.8, 4) is 11.5 Å².